The summed E-state index contributed by atoms with van der Waals surface area (Å²) in [4.78, 5) is 6.79. The Morgan fingerprint density at radius 2 is 1.76 bits per heavy atom. The summed E-state index contributed by atoms with van der Waals surface area (Å²) >= 11 is 0. The van der Waals surface area contributed by atoms with Crippen molar-refractivity contribution >= 4 is 0 Å². The molecule has 0 radical (unpaired) electrons. The van der Waals surface area contributed by atoms with Crippen molar-refractivity contribution in [3.63, 3.8) is 0 Å². The molecule has 3 aromatic rings. The van der Waals surface area contributed by atoms with Gasteiger partial charge in [0.05, 0.1) is 5.69 Å². The van der Waals surface area contributed by atoms with E-state index in [2.05, 4.69) is 15.1 Å². The molecule has 5 nitrogen and oxygen atoms in total. The summed E-state index contributed by atoms with van der Waals surface area (Å²) in [5.41, 5.74) is -2.68. The molecule has 0 spiro atoms. The fourth-order valence-corrected chi connectivity index (χ4v) is 3.04. The van der Waals surface area contributed by atoms with Gasteiger partial charge in [-0.25, -0.2) is 27.2 Å². The average Bonchev–Trinajstić information content (AvgIpc) is 3.33. The first kappa shape index (κ1) is 21.0. The molecule has 0 aliphatic rings. The monoisotopic (exact) mass is 410 g/mol. The maximum Gasteiger partial charge on any atom is 0.271 e. The second-order valence-corrected chi connectivity index (χ2v) is 7.72. The van der Waals surface area contributed by atoms with Crippen LogP contribution in [-0.2, 0) is 18.4 Å². The molecule has 29 heavy (non-hydrogen) atoms. The third kappa shape index (κ3) is 4.50. The van der Waals surface area contributed by atoms with E-state index in [1.165, 1.54) is 32.2 Å². The maximum atomic E-state index is 13.8. The lowest BCUT2D eigenvalue weighted by Gasteiger charge is -2.27. The number of nitrogens with one attached hydrogen (secondary N) is 1. The summed E-state index contributed by atoms with van der Waals surface area (Å²) < 4.78 is 55.3. The lowest BCUT2D eigenvalue weighted by molar-refractivity contribution is -0.102. The van der Waals surface area contributed by atoms with Crippen molar-refractivity contribution < 1.29 is 22.7 Å². The zero-order valence-corrected chi connectivity index (χ0v) is 16.0. The summed E-state index contributed by atoms with van der Waals surface area (Å²) in [5.74, 6) is 0.101. The van der Waals surface area contributed by atoms with E-state index in [4.69, 9.17) is 0 Å². The Hall–Kier alpha value is -2.68. The van der Waals surface area contributed by atoms with Gasteiger partial charge in [-0.15, -0.1) is 0 Å². The van der Waals surface area contributed by atoms with E-state index >= 15 is 0 Å². The summed E-state index contributed by atoms with van der Waals surface area (Å²) in [6.07, 6.45) is -1.46. The summed E-state index contributed by atoms with van der Waals surface area (Å²) in [6, 6.07) is 7.70. The first-order valence-corrected chi connectivity index (χ1v) is 9.04. The van der Waals surface area contributed by atoms with Crippen LogP contribution in [0.2, 0.25) is 0 Å². The fraction of sp³-hybridized carbons (Fsp3) is 0.400. The van der Waals surface area contributed by atoms with Crippen molar-refractivity contribution in [1.29, 1.82) is 0 Å². The number of rotatable bonds is 8. The second-order valence-electron chi connectivity index (χ2n) is 7.72. The van der Waals surface area contributed by atoms with Crippen molar-refractivity contribution in [2.45, 2.75) is 45.1 Å². The Kier molecular flexibility index (Phi) is 5.79. The van der Waals surface area contributed by atoms with Crippen LogP contribution in [-0.4, -0.2) is 37.7 Å². The van der Waals surface area contributed by atoms with Gasteiger partial charge >= 0.3 is 0 Å². The van der Waals surface area contributed by atoms with E-state index in [9.17, 15) is 22.7 Å². The SMILES string of the molecule is CC(C)(Cc1cnc(CC(O)(c2ccc(-n3cccn3)cc2)C(F)F)[nH]1)C(F)F. The number of hydrogen-bond acceptors (Lipinski definition) is 3. The molecule has 9 heteroatoms. The van der Waals surface area contributed by atoms with Crippen molar-refractivity contribution in [2.75, 3.05) is 0 Å². The van der Waals surface area contributed by atoms with Crippen LogP contribution in [0.25, 0.3) is 5.69 Å². The van der Waals surface area contributed by atoms with Gasteiger partial charge < -0.3 is 10.1 Å². The highest BCUT2D eigenvalue weighted by Crippen LogP contribution is 2.33. The van der Waals surface area contributed by atoms with Crippen LogP contribution in [0.1, 0.15) is 30.9 Å². The van der Waals surface area contributed by atoms with Crippen molar-refractivity contribution in [1.82, 2.24) is 19.7 Å². The Balaban J connectivity index is 1.81. The van der Waals surface area contributed by atoms with Crippen LogP contribution >= 0.6 is 0 Å². The summed E-state index contributed by atoms with van der Waals surface area (Å²) in [6.45, 7) is 2.82. The maximum absolute atomic E-state index is 13.8. The van der Waals surface area contributed by atoms with Crippen LogP contribution in [0.4, 0.5) is 17.6 Å². The van der Waals surface area contributed by atoms with Crippen molar-refractivity contribution in [3.8, 4) is 5.69 Å². The second kappa shape index (κ2) is 7.98. The predicted octanol–water partition coefficient (Wildman–Crippen LogP) is 4.12. The molecule has 2 N–H and O–H groups in total. The molecule has 0 aliphatic carbocycles. The van der Waals surface area contributed by atoms with E-state index in [1.54, 1.807) is 35.3 Å². The molecular formula is C20H22F4N4O. The van der Waals surface area contributed by atoms with Gasteiger partial charge in [0.1, 0.15) is 5.82 Å². The standard InChI is InChI=1S/C20H22F4N4O/c1-19(2,17(21)22)10-14-12-25-16(27-14)11-20(29,18(23)24)13-4-6-15(7-5-13)28-9-3-8-26-28/h3-9,12,17-18,29H,10-11H2,1-2H3,(H,25,27). The number of aromatic nitrogens is 4. The van der Waals surface area contributed by atoms with Gasteiger partial charge in [0.25, 0.3) is 6.43 Å². The molecule has 0 saturated carbocycles. The first-order valence-electron chi connectivity index (χ1n) is 9.04. The molecule has 1 aromatic carbocycles. The largest absolute Gasteiger partial charge is 0.379 e. The lowest BCUT2D eigenvalue weighted by Crippen LogP contribution is -2.37. The minimum Gasteiger partial charge on any atom is -0.379 e. The van der Waals surface area contributed by atoms with E-state index in [0.29, 0.717) is 11.4 Å². The molecule has 1 atom stereocenters. The number of nitrogens with zero attached hydrogens (tertiary/aromatic N) is 3. The molecule has 0 amide bonds. The van der Waals surface area contributed by atoms with E-state index in [0.717, 1.165) is 0 Å². The van der Waals surface area contributed by atoms with Gasteiger partial charge in [-0.05, 0) is 30.2 Å². The number of imidazole rings is 1. The quantitative estimate of drug-likeness (QED) is 0.549. The number of halogens is 4. The zero-order valence-electron chi connectivity index (χ0n) is 16.0. The Labute approximate surface area is 165 Å². The number of benzene rings is 1. The highest BCUT2D eigenvalue weighted by molar-refractivity contribution is 5.36. The fourth-order valence-electron chi connectivity index (χ4n) is 3.04. The molecular weight excluding hydrogens is 388 g/mol. The van der Waals surface area contributed by atoms with Crippen LogP contribution in [0.3, 0.4) is 0 Å². The average molecular weight is 410 g/mol. The molecule has 2 heterocycles. The Morgan fingerprint density at radius 1 is 1.07 bits per heavy atom. The van der Waals surface area contributed by atoms with Gasteiger partial charge in [-0.2, -0.15) is 5.10 Å². The van der Waals surface area contributed by atoms with E-state index < -0.39 is 30.3 Å². The van der Waals surface area contributed by atoms with Gasteiger partial charge in [-0.1, -0.05) is 26.0 Å². The van der Waals surface area contributed by atoms with E-state index in [-0.39, 0.29) is 17.8 Å². The number of alkyl halides is 4. The Bertz CT molecular complexity index is 922. The third-order valence-electron chi connectivity index (χ3n) is 4.85. The van der Waals surface area contributed by atoms with Gasteiger partial charge in [-0.3, -0.25) is 0 Å². The van der Waals surface area contributed by atoms with Crippen LogP contribution in [0, 0.1) is 5.41 Å². The minimum atomic E-state index is -3.08. The number of H-pyrrole nitrogens is 1. The lowest BCUT2D eigenvalue weighted by atomic mass is 9.88. The molecule has 0 fully saturated rings. The smallest absolute Gasteiger partial charge is 0.271 e. The van der Waals surface area contributed by atoms with Crippen LogP contribution in [0.15, 0.2) is 48.9 Å². The molecule has 3 rings (SSSR count). The van der Waals surface area contributed by atoms with Gasteiger partial charge in [0.2, 0.25) is 6.43 Å². The predicted molar refractivity (Wildman–Crippen MR) is 99.2 cm³/mol. The van der Waals surface area contributed by atoms with Crippen molar-refractivity contribution in [2.24, 2.45) is 5.41 Å². The molecule has 0 saturated heterocycles. The highest BCUT2D eigenvalue weighted by Gasteiger charge is 2.41. The van der Waals surface area contributed by atoms with Gasteiger partial charge in [0, 0.05) is 36.1 Å². The highest BCUT2D eigenvalue weighted by atomic mass is 19.3. The molecule has 0 aliphatic heterocycles. The molecule has 2 aromatic heterocycles. The first-order chi connectivity index (χ1) is 13.6. The summed E-state index contributed by atoms with van der Waals surface area (Å²) in [7, 11) is 0. The van der Waals surface area contributed by atoms with E-state index in [1.807, 2.05) is 0 Å². The molecule has 1 unspecified atom stereocenters. The topological polar surface area (TPSA) is 66.7 Å². The zero-order chi connectivity index (χ0) is 21.2. The molecule has 0 bridgehead atoms. The van der Waals surface area contributed by atoms with Crippen LogP contribution in [0.5, 0.6) is 0 Å². The minimum absolute atomic E-state index is 0.00331. The number of aliphatic hydroxyl groups is 1. The van der Waals surface area contributed by atoms with Crippen LogP contribution < -0.4 is 0 Å². The number of hydrogen-bond donors (Lipinski definition) is 2. The normalized spacial score (nSPS) is 14.5. The number of aromatic amines is 1. The third-order valence-corrected chi connectivity index (χ3v) is 4.85. The summed E-state index contributed by atoms with van der Waals surface area (Å²) in [5, 5.41) is 14.8. The molecule has 156 valence electrons. The van der Waals surface area contributed by atoms with Crippen molar-refractivity contribution in [3.05, 3.63) is 66.0 Å². The van der Waals surface area contributed by atoms with Gasteiger partial charge in [0.15, 0.2) is 5.60 Å². The Morgan fingerprint density at radius 3 is 2.31 bits per heavy atom.